The van der Waals surface area contributed by atoms with E-state index < -0.39 is 5.97 Å². The molecular formula is C9H11NO4. The number of carboxylic acid groups (broad SMARTS) is 1. The summed E-state index contributed by atoms with van der Waals surface area (Å²) >= 11 is 0. The number of aromatic nitrogens is 1. The third-order valence-corrected chi connectivity index (χ3v) is 1.19. The highest BCUT2D eigenvalue weighted by Crippen LogP contribution is 1.92. The van der Waals surface area contributed by atoms with Crippen molar-refractivity contribution in [3.05, 3.63) is 34.2 Å². The number of aliphatic carboxylic acids is 1. The SMILES string of the molecule is CC(=O)O.CC(=O)c1ccc(=O)[nH]c1. The molecular weight excluding hydrogens is 186 g/mol. The van der Waals surface area contributed by atoms with E-state index in [9.17, 15) is 9.59 Å². The highest BCUT2D eigenvalue weighted by atomic mass is 16.4. The molecule has 0 atom stereocenters. The van der Waals surface area contributed by atoms with Crippen LogP contribution < -0.4 is 5.56 Å². The zero-order chi connectivity index (χ0) is 11.1. The van der Waals surface area contributed by atoms with Gasteiger partial charge in [-0.05, 0) is 13.0 Å². The van der Waals surface area contributed by atoms with Crippen molar-refractivity contribution >= 4 is 11.8 Å². The molecule has 5 heteroatoms. The van der Waals surface area contributed by atoms with E-state index in [0.717, 1.165) is 6.92 Å². The van der Waals surface area contributed by atoms with E-state index in [0.29, 0.717) is 5.56 Å². The summed E-state index contributed by atoms with van der Waals surface area (Å²) in [7, 11) is 0. The Hall–Kier alpha value is -1.91. The van der Waals surface area contributed by atoms with Gasteiger partial charge >= 0.3 is 0 Å². The molecule has 1 rings (SSSR count). The first-order valence-electron chi connectivity index (χ1n) is 3.82. The van der Waals surface area contributed by atoms with Crippen LogP contribution in [0.15, 0.2) is 23.1 Å². The van der Waals surface area contributed by atoms with E-state index in [1.165, 1.54) is 25.3 Å². The van der Waals surface area contributed by atoms with Crippen molar-refractivity contribution in [3.63, 3.8) is 0 Å². The van der Waals surface area contributed by atoms with Crippen molar-refractivity contribution in [2.75, 3.05) is 0 Å². The predicted octanol–water partition coefficient (Wildman–Crippen LogP) is 0.668. The van der Waals surface area contributed by atoms with Crippen LogP contribution in [0, 0.1) is 0 Å². The molecule has 1 aromatic heterocycles. The highest BCUT2D eigenvalue weighted by molar-refractivity contribution is 5.93. The fraction of sp³-hybridized carbons (Fsp3) is 0.222. The van der Waals surface area contributed by atoms with Crippen LogP contribution in [-0.2, 0) is 4.79 Å². The zero-order valence-electron chi connectivity index (χ0n) is 7.90. The number of H-pyrrole nitrogens is 1. The normalized spacial score (nSPS) is 8.43. The number of rotatable bonds is 1. The number of nitrogens with one attached hydrogen (secondary N) is 1. The van der Waals surface area contributed by atoms with Gasteiger partial charge in [-0.25, -0.2) is 0 Å². The lowest BCUT2D eigenvalue weighted by atomic mass is 10.2. The molecule has 0 spiro atoms. The van der Waals surface area contributed by atoms with Gasteiger partial charge in [0.05, 0.1) is 0 Å². The van der Waals surface area contributed by atoms with E-state index in [1.54, 1.807) is 0 Å². The van der Waals surface area contributed by atoms with Crippen LogP contribution in [-0.4, -0.2) is 21.8 Å². The molecule has 1 aromatic rings. The van der Waals surface area contributed by atoms with E-state index >= 15 is 0 Å². The summed E-state index contributed by atoms with van der Waals surface area (Å²) in [5.74, 6) is -0.878. The van der Waals surface area contributed by atoms with Crippen molar-refractivity contribution in [3.8, 4) is 0 Å². The Kier molecular flexibility index (Phi) is 4.91. The summed E-state index contributed by atoms with van der Waals surface area (Å²) in [6.45, 7) is 2.54. The lowest BCUT2D eigenvalue weighted by molar-refractivity contribution is -0.134. The Morgan fingerprint density at radius 1 is 1.29 bits per heavy atom. The summed E-state index contributed by atoms with van der Waals surface area (Å²) in [5, 5.41) is 7.42. The average molecular weight is 197 g/mol. The first-order chi connectivity index (χ1) is 6.43. The van der Waals surface area contributed by atoms with Gasteiger partial charge in [0.1, 0.15) is 0 Å². The molecule has 0 radical (unpaired) electrons. The molecule has 0 saturated carbocycles. The Morgan fingerprint density at radius 2 is 1.79 bits per heavy atom. The second-order valence-electron chi connectivity index (χ2n) is 2.52. The monoisotopic (exact) mass is 197 g/mol. The summed E-state index contributed by atoms with van der Waals surface area (Å²) < 4.78 is 0. The molecule has 0 aliphatic rings. The van der Waals surface area contributed by atoms with Gasteiger partial charge in [0.15, 0.2) is 5.78 Å². The summed E-state index contributed by atoms with van der Waals surface area (Å²) in [4.78, 5) is 32.5. The van der Waals surface area contributed by atoms with Gasteiger partial charge in [-0.1, -0.05) is 0 Å². The van der Waals surface area contributed by atoms with Gasteiger partial charge < -0.3 is 10.1 Å². The molecule has 1 heterocycles. The summed E-state index contributed by atoms with van der Waals surface area (Å²) in [6.07, 6.45) is 1.41. The van der Waals surface area contributed by atoms with Crippen LogP contribution in [0.5, 0.6) is 0 Å². The van der Waals surface area contributed by atoms with Crippen molar-refractivity contribution < 1.29 is 14.7 Å². The van der Waals surface area contributed by atoms with Crippen LogP contribution in [0.2, 0.25) is 0 Å². The molecule has 0 amide bonds. The number of aromatic amines is 1. The molecule has 0 bridgehead atoms. The minimum absolute atomic E-state index is 0.0451. The number of hydrogen-bond donors (Lipinski definition) is 2. The largest absolute Gasteiger partial charge is 0.481 e. The maximum absolute atomic E-state index is 10.6. The van der Waals surface area contributed by atoms with Crippen molar-refractivity contribution in [2.45, 2.75) is 13.8 Å². The first-order valence-corrected chi connectivity index (χ1v) is 3.82. The summed E-state index contributed by atoms with van der Waals surface area (Å²) in [6, 6.07) is 2.83. The van der Waals surface area contributed by atoms with Crippen LogP contribution in [0.3, 0.4) is 0 Å². The second kappa shape index (κ2) is 5.69. The van der Waals surface area contributed by atoms with Crippen molar-refractivity contribution in [2.24, 2.45) is 0 Å². The van der Waals surface area contributed by atoms with Gasteiger partial charge in [0.25, 0.3) is 5.97 Å². The third-order valence-electron chi connectivity index (χ3n) is 1.19. The zero-order valence-corrected chi connectivity index (χ0v) is 7.90. The van der Waals surface area contributed by atoms with Gasteiger partial charge in [-0.3, -0.25) is 14.4 Å². The molecule has 0 saturated heterocycles. The molecule has 0 aliphatic heterocycles. The lowest BCUT2D eigenvalue weighted by Gasteiger charge is -1.89. The first kappa shape index (κ1) is 12.1. The molecule has 0 aromatic carbocycles. The highest BCUT2D eigenvalue weighted by Gasteiger charge is 1.95. The maximum atomic E-state index is 10.6. The molecule has 0 fully saturated rings. The Morgan fingerprint density at radius 3 is 2.07 bits per heavy atom. The minimum Gasteiger partial charge on any atom is -0.481 e. The average Bonchev–Trinajstić information content (AvgIpc) is 2.03. The number of pyridine rings is 1. The second-order valence-corrected chi connectivity index (χ2v) is 2.52. The van der Waals surface area contributed by atoms with Gasteiger partial charge in [0, 0.05) is 24.8 Å². The minimum atomic E-state index is -0.833. The molecule has 76 valence electrons. The van der Waals surface area contributed by atoms with Gasteiger partial charge in [-0.15, -0.1) is 0 Å². The quantitative estimate of drug-likeness (QED) is 0.647. The molecule has 5 nitrogen and oxygen atoms in total. The predicted molar refractivity (Wildman–Crippen MR) is 50.4 cm³/mol. The van der Waals surface area contributed by atoms with Crippen LogP contribution >= 0.6 is 0 Å². The Balaban J connectivity index is 0.000000364. The summed E-state index contributed by atoms with van der Waals surface area (Å²) in [5.41, 5.74) is 0.338. The Labute approximate surface area is 80.4 Å². The van der Waals surface area contributed by atoms with Crippen molar-refractivity contribution in [1.82, 2.24) is 4.98 Å². The van der Waals surface area contributed by atoms with Gasteiger partial charge in [-0.2, -0.15) is 0 Å². The number of Topliss-reactive ketones (excluding diaryl/α,β-unsaturated/α-hetero) is 1. The maximum Gasteiger partial charge on any atom is 0.300 e. The third kappa shape index (κ3) is 5.70. The molecule has 0 unspecified atom stereocenters. The Bertz CT molecular complexity index is 356. The molecule has 14 heavy (non-hydrogen) atoms. The van der Waals surface area contributed by atoms with E-state index in [1.807, 2.05) is 0 Å². The molecule has 0 aliphatic carbocycles. The van der Waals surface area contributed by atoms with Crippen LogP contribution in [0.4, 0.5) is 0 Å². The topological polar surface area (TPSA) is 87.2 Å². The fourth-order valence-electron chi connectivity index (χ4n) is 0.630. The van der Waals surface area contributed by atoms with Gasteiger partial charge in [0.2, 0.25) is 5.56 Å². The lowest BCUT2D eigenvalue weighted by Crippen LogP contribution is -2.04. The number of carbonyl (C=O) groups excluding carboxylic acids is 1. The van der Waals surface area contributed by atoms with E-state index in [-0.39, 0.29) is 11.3 Å². The molecule has 2 N–H and O–H groups in total. The van der Waals surface area contributed by atoms with Crippen molar-refractivity contribution in [1.29, 1.82) is 0 Å². The number of ketones is 1. The standard InChI is InChI=1S/C7H7NO2.C2H4O2/c1-5(9)6-2-3-7(10)8-4-6;1-2(3)4/h2-4H,1H3,(H,8,10);1H3,(H,3,4). The number of carbonyl (C=O) groups is 2. The smallest absolute Gasteiger partial charge is 0.300 e. The van der Waals surface area contributed by atoms with Crippen LogP contribution in [0.1, 0.15) is 24.2 Å². The number of hydrogen-bond acceptors (Lipinski definition) is 3. The van der Waals surface area contributed by atoms with Crippen LogP contribution in [0.25, 0.3) is 0 Å². The fourth-order valence-corrected chi connectivity index (χ4v) is 0.630. The van der Waals surface area contributed by atoms with E-state index in [2.05, 4.69) is 4.98 Å². The van der Waals surface area contributed by atoms with E-state index in [4.69, 9.17) is 9.90 Å². The number of carboxylic acids is 1.